The number of nitrogens with one attached hydrogen (secondary N) is 1. The lowest BCUT2D eigenvalue weighted by Gasteiger charge is -2.12. The Kier molecular flexibility index (Phi) is 4.67. The van der Waals surface area contributed by atoms with E-state index in [-0.39, 0.29) is 12.5 Å². The molecule has 3 rings (SSSR count). The number of pyridine rings is 1. The van der Waals surface area contributed by atoms with Gasteiger partial charge in [0.05, 0.1) is 5.02 Å². The van der Waals surface area contributed by atoms with Crippen LogP contribution in [0.5, 0.6) is 5.75 Å². The molecule has 0 aliphatic rings. The van der Waals surface area contributed by atoms with Gasteiger partial charge in [0.2, 0.25) is 0 Å². The zero-order valence-corrected chi connectivity index (χ0v) is 14.2. The van der Waals surface area contributed by atoms with Crippen LogP contribution < -0.4 is 10.1 Å². The molecule has 0 aliphatic carbocycles. The summed E-state index contributed by atoms with van der Waals surface area (Å²) in [6.45, 7) is 3.89. The van der Waals surface area contributed by atoms with E-state index in [9.17, 15) is 4.79 Å². The van der Waals surface area contributed by atoms with Crippen LogP contribution >= 0.6 is 11.6 Å². The van der Waals surface area contributed by atoms with Crippen LogP contribution in [0.2, 0.25) is 5.02 Å². The van der Waals surface area contributed by atoms with E-state index in [4.69, 9.17) is 16.3 Å². The number of fused-ring (bicyclic) bond motifs is 1. The summed E-state index contributed by atoms with van der Waals surface area (Å²) in [6.07, 6.45) is 1.67. The van der Waals surface area contributed by atoms with Gasteiger partial charge in [-0.2, -0.15) is 0 Å². The lowest BCUT2D eigenvalue weighted by atomic mass is 10.1. The monoisotopic (exact) mass is 340 g/mol. The van der Waals surface area contributed by atoms with Crippen molar-refractivity contribution >= 4 is 34.1 Å². The molecule has 0 unspecified atom stereocenters. The zero-order valence-electron chi connectivity index (χ0n) is 13.5. The number of amides is 1. The quantitative estimate of drug-likeness (QED) is 0.759. The van der Waals surface area contributed by atoms with Crippen molar-refractivity contribution in [2.24, 2.45) is 0 Å². The summed E-state index contributed by atoms with van der Waals surface area (Å²) in [5.74, 6) is 0.314. The highest BCUT2D eigenvalue weighted by atomic mass is 35.5. The van der Waals surface area contributed by atoms with Gasteiger partial charge in [0, 0.05) is 17.3 Å². The second-order valence-electron chi connectivity index (χ2n) is 5.53. The Bertz CT molecular complexity index is 909. The lowest BCUT2D eigenvalue weighted by Crippen LogP contribution is -2.21. The van der Waals surface area contributed by atoms with Gasteiger partial charge in [-0.15, -0.1) is 0 Å². The molecule has 122 valence electrons. The second kappa shape index (κ2) is 6.89. The lowest BCUT2D eigenvalue weighted by molar-refractivity contribution is -0.118. The van der Waals surface area contributed by atoms with Gasteiger partial charge in [-0.1, -0.05) is 23.7 Å². The van der Waals surface area contributed by atoms with E-state index in [1.807, 2.05) is 44.2 Å². The van der Waals surface area contributed by atoms with Crippen LogP contribution in [0.25, 0.3) is 10.9 Å². The fourth-order valence-corrected chi connectivity index (χ4v) is 2.66. The summed E-state index contributed by atoms with van der Waals surface area (Å²) in [5.41, 5.74) is 3.61. The van der Waals surface area contributed by atoms with Crippen LogP contribution in [-0.4, -0.2) is 17.5 Å². The van der Waals surface area contributed by atoms with Crippen LogP contribution in [0.1, 0.15) is 11.1 Å². The van der Waals surface area contributed by atoms with Crippen molar-refractivity contribution in [3.63, 3.8) is 0 Å². The smallest absolute Gasteiger partial charge is 0.262 e. The summed E-state index contributed by atoms with van der Waals surface area (Å²) >= 11 is 6.16. The Labute approximate surface area is 145 Å². The highest BCUT2D eigenvalue weighted by Gasteiger charge is 2.10. The molecule has 0 atom stereocenters. The van der Waals surface area contributed by atoms with Crippen LogP contribution in [-0.2, 0) is 4.79 Å². The van der Waals surface area contributed by atoms with Crippen molar-refractivity contribution in [1.82, 2.24) is 4.98 Å². The normalized spacial score (nSPS) is 10.6. The van der Waals surface area contributed by atoms with E-state index < -0.39 is 0 Å². The summed E-state index contributed by atoms with van der Waals surface area (Å²) in [6, 6.07) is 12.9. The topological polar surface area (TPSA) is 51.2 Å². The molecule has 1 amide bonds. The van der Waals surface area contributed by atoms with Gasteiger partial charge in [-0.3, -0.25) is 9.78 Å². The van der Waals surface area contributed by atoms with Gasteiger partial charge in [-0.05, 0) is 55.3 Å². The molecule has 1 N–H and O–H groups in total. The van der Waals surface area contributed by atoms with Crippen LogP contribution in [0.15, 0.2) is 48.7 Å². The van der Waals surface area contributed by atoms with Gasteiger partial charge >= 0.3 is 0 Å². The number of aryl methyl sites for hydroxylation is 1. The standard InChI is InChI=1S/C19H17ClN2O2/c1-12-5-3-7-16(13(12)2)22-18(23)11-24-17-9-8-15(20)14-6-4-10-21-19(14)17/h3-10H,11H2,1-2H3,(H,22,23). The molecule has 24 heavy (non-hydrogen) atoms. The minimum Gasteiger partial charge on any atom is -0.481 e. The minimum absolute atomic E-state index is 0.0965. The van der Waals surface area contributed by atoms with Crippen LogP contribution in [0.4, 0.5) is 5.69 Å². The van der Waals surface area contributed by atoms with E-state index in [1.54, 1.807) is 18.3 Å². The van der Waals surface area contributed by atoms with Gasteiger partial charge < -0.3 is 10.1 Å². The predicted octanol–water partition coefficient (Wildman–Crippen LogP) is 4.52. The van der Waals surface area contributed by atoms with Crippen molar-refractivity contribution in [3.05, 3.63) is 64.8 Å². The Morgan fingerprint density at radius 2 is 2.00 bits per heavy atom. The fourth-order valence-electron chi connectivity index (χ4n) is 2.44. The Balaban J connectivity index is 1.73. The minimum atomic E-state index is -0.220. The van der Waals surface area contributed by atoms with Gasteiger partial charge in [0.15, 0.2) is 6.61 Å². The number of rotatable bonds is 4. The van der Waals surface area contributed by atoms with Crippen molar-refractivity contribution in [2.45, 2.75) is 13.8 Å². The summed E-state index contributed by atoms with van der Waals surface area (Å²) < 4.78 is 5.65. The maximum atomic E-state index is 12.2. The summed E-state index contributed by atoms with van der Waals surface area (Å²) in [7, 11) is 0. The Morgan fingerprint density at radius 1 is 1.17 bits per heavy atom. The predicted molar refractivity (Wildman–Crippen MR) is 96.8 cm³/mol. The number of carbonyl (C=O) groups excluding carboxylic acids is 1. The molecule has 0 bridgehead atoms. The molecule has 4 nitrogen and oxygen atoms in total. The molecule has 0 radical (unpaired) electrons. The number of hydrogen-bond acceptors (Lipinski definition) is 3. The SMILES string of the molecule is Cc1cccc(NC(=O)COc2ccc(Cl)c3cccnc23)c1C. The largest absolute Gasteiger partial charge is 0.481 e. The third-order valence-electron chi connectivity index (χ3n) is 3.92. The van der Waals surface area contributed by atoms with E-state index in [1.165, 1.54) is 0 Å². The average Bonchev–Trinajstić information content (AvgIpc) is 2.59. The molecule has 0 aliphatic heterocycles. The Morgan fingerprint density at radius 3 is 2.83 bits per heavy atom. The summed E-state index contributed by atoms with van der Waals surface area (Å²) in [5, 5.41) is 4.27. The molecule has 5 heteroatoms. The third-order valence-corrected chi connectivity index (χ3v) is 4.25. The van der Waals surface area contributed by atoms with Gasteiger partial charge in [-0.25, -0.2) is 0 Å². The van der Waals surface area contributed by atoms with Crippen LogP contribution in [0.3, 0.4) is 0 Å². The first-order chi connectivity index (χ1) is 11.6. The number of nitrogens with zero attached hydrogens (tertiary/aromatic N) is 1. The number of ether oxygens (including phenoxy) is 1. The maximum Gasteiger partial charge on any atom is 0.262 e. The van der Waals surface area contributed by atoms with Crippen molar-refractivity contribution < 1.29 is 9.53 Å². The molecule has 1 heterocycles. The van der Waals surface area contributed by atoms with Crippen molar-refractivity contribution in [3.8, 4) is 5.75 Å². The molecule has 1 aromatic heterocycles. The van der Waals surface area contributed by atoms with Crippen molar-refractivity contribution in [2.75, 3.05) is 11.9 Å². The van der Waals surface area contributed by atoms with Gasteiger partial charge in [0.25, 0.3) is 5.91 Å². The number of benzene rings is 2. The first-order valence-corrected chi connectivity index (χ1v) is 7.96. The molecular formula is C19H17ClN2O2. The third kappa shape index (κ3) is 3.34. The van der Waals surface area contributed by atoms with Crippen molar-refractivity contribution in [1.29, 1.82) is 0 Å². The number of hydrogen-bond donors (Lipinski definition) is 1. The van der Waals surface area contributed by atoms with E-state index in [0.29, 0.717) is 16.3 Å². The molecule has 0 saturated heterocycles. The molecule has 0 fully saturated rings. The first kappa shape index (κ1) is 16.3. The number of aromatic nitrogens is 1. The number of anilines is 1. The van der Waals surface area contributed by atoms with E-state index in [0.717, 1.165) is 22.2 Å². The zero-order chi connectivity index (χ0) is 17.1. The molecular weight excluding hydrogens is 324 g/mol. The molecule has 3 aromatic rings. The first-order valence-electron chi connectivity index (χ1n) is 7.58. The Hall–Kier alpha value is -2.59. The highest BCUT2D eigenvalue weighted by Crippen LogP contribution is 2.29. The molecule has 0 saturated carbocycles. The highest BCUT2D eigenvalue weighted by molar-refractivity contribution is 6.35. The maximum absolute atomic E-state index is 12.2. The molecule has 2 aromatic carbocycles. The molecule has 0 spiro atoms. The number of carbonyl (C=O) groups is 1. The summed E-state index contributed by atoms with van der Waals surface area (Å²) in [4.78, 5) is 16.5. The van der Waals surface area contributed by atoms with Crippen LogP contribution in [0, 0.1) is 13.8 Å². The average molecular weight is 341 g/mol. The second-order valence-corrected chi connectivity index (χ2v) is 5.94. The van der Waals surface area contributed by atoms with Gasteiger partial charge in [0.1, 0.15) is 11.3 Å². The van der Waals surface area contributed by atoms with E-state index in [2.05, 4.69) is 10.3 Å². The fraction of sp³-hybridized carbons (Fsp3) is 0.158. The number of halogens is 1. The van der Waals surface area contributed by atoms with E-state index >= 15 is 0 Å².